The fourth-order valence-corrected chi connectivity index (χ4v) is 2.71. The van der Waals surface area contributed by atoms with E-state index in [9.17, 15) is 9.90 Å². The second-order valence-electron chi connectivity index (χ2n) is 6.12. The first-order chi connectivity index (χ1) is 9.98. The molecule has 1 fully saturated rings. The Kier molecular flexibility index (Phi) is 5.23. The van der Waals surface area contributed by atoms with Crippen LogP contribution in [0.2, 0.25) is 0 Å². The summed E-state index contributed by atoms with van der Waals surface area (Å²) in [6.07, 6.45) is 4.78. The second-order valence-corrected chi connectivity index (χ2v) is 6.12. The lowest BCUT2D eigenvalue weighted by atomic mass is 9.85. The quantitative estimate of drug-likeness (QED) is 0.876. The van der Waals surface area contributed by atoms with E-state index in [0.29, 0.717) is 6.54 Å². The van der Waals surface area contributed by atoms with Crippen molar-refractivity contribution >= 4 is 5.91 Å². The summed E-state index contributed by atoms with van der Waals surface area (Å²) >= 11 is 0. The van der Waals surface area contributed by atoms with E-state index >= 15 is 0 Å². The average Bonchev–Trinajstić information content (AvgIpc) is 2.47. The number of rotatable bonds is 5. The van der Waals surface area contributed by atoms with Crippen LogP contribution in [-0.4, -0.2) is 29.8 Å². The molecular weight excluding hydrogens is 266 g/mol. The average molecular weight is 291 g/mol. The van der Waals surface area contributed by atoms with Gasteiger partial charge in [-0.15, -0.1) is 0 Å². The Morgan fingerprint density at radius 3 is 2.71 bits per heavy atom. The monoisotopic (exact) mass is 291 g/mol. The van der Waals surface area contributed by atoms with Crippen molar-refractivity contribution < 1.29 is 14.6 Å². The minimum atomic E-state index is -0.729. The molecule has 0 aliphatic heterocycles. The molecule has 0 heterocycles. The van der Waals surface area contributed by atoms with Crippen LogP contribution in [0.4, 0.5) is 0 Å². The highest BCUT2D eigenvalue weighted by Gasteiger charge is 2.29. The van der Waals surface area contributed by atoms with Crippen LogP contribution in [0, 0.1) is 13.8 Å². The number of ether oxygens (including phenoxy) is 1. The molecule has 1 aromatic rings. The lowest BCUT2D eigenvalue weighted by Gasteiger charge is -2.32. The number of carbonyl (C=O) groups is 1. The van der Waals surface area contributed by atoms with Crippen molar-refractivity contribution in [3.8, 4) is 5.75 Å². The van der Waals surface area contributed by atoms with E-state index in [-0.39, 0.29) is 12.5 Å². The summed E-state index contributed by atoms with van der Waals surface area (Å²) in [4.78, 5) is 11.9. The Hall–Kier alpha value is -1.55. The van der Waals surface area contributed by atoms with E-state index in [2.05, 4.69) is 5.32 Å². The van der Waals surface area contributed by atoms with Gasteiger partial charge in [-0.1, -0.05) is 31.4 Å². The van der Waals surface area contributed by atoms with E-state index in [1.807, 2.05) is 32.0 Å². The summed E-state index contributed by atoms with van der Waals surface area (Å²) in [5, 5.41) is 13.1. The van der Waals surface area contributed by atoms with Gasteiger partial charge in [0.25, 0.3) is 5.91 Å². The summed E-state index contributed by atoms with van der Waals surface area (Å²) < 4.78 is 5.56. The smallest absolute Gasteiger partial charge is 0.258 e. The molecule has 0 spiro atoms. The lowest BCUT2D eigenvalue weighted by Crippen LogP contribution is -2.45. The van der Waals surface area contributed by atoms with Gasteiger partial charge in [0.05, 0.1) is 5.60 Å². The summed E-state index contributed by atoms with van der Waals surface area (Å²) in [5.41, 5.74) is 1.39. The second kappa shape index (κ2) is 6.94. The highest BCUT2D eigenvalue weighted by molar-refractivity contribution is 5.77. The van der Waals surface area contributed by atoms with Crippen LogP contribution in [0.5, 0.6) is 5.75 Å². The van der Waals surface area contributed by atoms with Crippen molar-refractivity contribution in [1.82, 2.24) is 5.32 Å². The normalized spacial score (nSPS) is 17.3. The molecule has 0 bridgehead atoms. The van der Waals surface area contributed by atoms with Crippen molar-refractivity contribution in [3.05, 3.63) is 29.3 Å². The Bertz CT molecular complexity index is 493. The standard InChI is InChI=1S/C17H25NO3/c1-13-6-7-14(2)15(10-13)21-11-16(19)18-12-17(20)8-4-3-5-9-17/h6-7,10,20H,3-5,8-9,11-12H2,1-2H3,(H,18,19). The first kappa shape index (κ1) is 15.8. The first-order valence-electron chi connectivity index (χ1n) is 7.68. The maximum absolute atomic E-state index is 11.9. The molecule has 2 N–H and O–H groups in total. The van der Waals surface area contributed by atoms with Gasteiger partial charge in [-0.25, -0.2) is 0 Å². The van der Waals surface area contributed by atoms with Crippen LogP contribution < -0.4 is 10.1 Å². The molecule has 1 aliphatic rings. The number of benzene rings is 1. The van der Waals surface area contributed by atoms with E-state index in [0.717, 1.165) is 42.6 Å². The minimum Gasteiger partial charge on any atom is -0.483 e. The molecule has 0 radical (unpaired) electrons. The first-order valence-corrected chi connectivity index (χ1v) is 7.68. The van der Waals surface area contributed by atoms with Gasteiger partial charge in [0.2, 0.25) is 0 Å². The molecule has 1 aromatic carbocycles. The Morgan fingerprint density at radius 1 is 1.29 bits per heavy atom. The molecule has 116 valence electrons. The van der Waals surface area contributed by atoms with E-state index in [1.54, 1.807) is 0 Å². The number of hydrogen-bond donors (Lipinski definition) is 2. The molecule has 1 amide bonds. The van der Waals surface area contributed by atoms with Crippen LogP contribution in [-0.2, 0) is 4.79 Å². The predicted molar refractivity (Wildman–Crippen MR) is 82.5 cm³/mol. The zero-order chi connectivity index (χ0) is 15.3. The van der Waals surface area contributed by atoms with Crippen molar-refractivity contribution in [3.63, 3.8) is 0 Å². The third-order valence-corrected chi connectivity index (χ3v) is 4.10. The van der Waals surface area contributed by atoms with Gasteiger partial charge in [-0.3, -0.25) is 4.79 Å². The van der Waals surface area contributed by atoms with Gasteiger partial charge in [-0.2, -0.15) is 0 Å². The number of carbonyl (C=O) groups excluding carboxylic acids is 1. The molecule has 0 unspecified atom stereocenters. The number of aryl methyl sites for hydroxylation is 2. The molecule has 1 aliphatic carbocycles. The third kappa shape index (κ3) is 4.74. The lowest BCUT2D eigenvalue weighted by molar-refractivity contribution is -0.124. The number of hydrogen-bond acceptors (Lipinski definition) is 3. The number of aliphatic hydroxyl groups is 1. The third-order valence-electron chi connectivity index (χ3n) is 4.10. The van der Waals surface area contributed by atoms with Crippen molar-refractivity contribution in [2.45, 2.75) is 51.6 Å². The van der Waals surface area contributed by atoms with Gasteiger partial charge in [0.1, 0.15) is 5.75 Å². The topological polar surface area (TPSA) is 58.6 Å². The molecule has 21 heavy (non-hydrogen) atoms. The Labute approximate surface area is 126 Å². The van der Waals surface area contributed by atoms with E-state index in [4.69, 9.17) is 4.74 Å². The van der Waals surface area contributed by atoms with Gasteiger partial charge in [0, 0.05) is 6.54 Å². The number of nitrogens with one attached hydrogen (secondary N) is 1. The van der Waals surface area contributed by atoms with Crippen LogP contribution in [0.1, 0.15) is 43.2 Å². The molecule has 0 aromatic heterocycles. The predicted octanol–water partition coefficient (Wildman–Crippen LogP) is 2.49. The zero-order valence-corrected chi connectivity index (χ0v) is 12.9. The van der Waals surface area contributed by atoms with Gasteiger partial charge < -0.3 is 15.2 Å². The molecular formula is C17H25NO3. The highest BCUT2D eigenvalue weighted by atomic mass is 16.5. The van der Waals surface area contributed by atoms with Gasteiger partial charge >= 0.3 is 0 Å². The van der Waals surface area contributed by atoms with Crippen LogP contribution >= 0.6 is 0 Å². The largest absolute Gasteiger partial charge is 0.483 e. The molecule has 1 saturated carbocycles. The SMILES string of the molecule is Cc1ccc(C)c(OCC(=O)NCC2(O)CCCCC2)c1. The fraction of sp³-hybridized carbons (Fsp3) is 0.588. The molecule has 4 nitrogen and oxygen atoms in total. The van der Waals surface area contributed by atoms with Crippen molar-refractivity contribution in [2.24, 2.45) is 0 Å². The van der Waals surface area contributed by atoms with Crippen molar-refractivity contribution in [1.29, 1.82) is 0 Å². The van der Waals surface area contributed by atoms with E-state index < -0.39 is 5.60 Å². The van der Waals surface area contributed by atoms with E-state index in [1.165, 1.54) is 6.42 Å². The Balaban J connectivity index is 1.78. The fourth-order valence-electron chi connectivity index (χ4n) is 2.71. The Morgan fingerprint density at radius 2 is 2.00 bits per heavy atom. The summed E-state index contributed by atoms with van der Waals surface area (Å²) in [7, 11) is 0. The minimum absolute atomic E-state index is 0.0135. The summed E-state index contributed by atoms with van der Waals surface area (Å²) in [6.45, 7) is 4.25. The molecule has 4 heteroatoms. The van der Waals surface area contributed by atoms with Crippen molar-refractivity contribution in [2.75, 3.05) is 13.2 Å². The molecule has 0 saturated heterocycles. The van der Waals surface area contributed by atoms with Gasteiger partial charge in [0.15, 0.2) is 6.61 Å². The molecule has 2 rings (SSSR count). The maximum atomic E-state index is 11.9. The maximum Gasteiger partial charge on any atom is 0.258 e. The van der Waals surface area contributed by atoms with Gasteiger partial charge in [-0.05, 0) is 43.9 Å². The van der Waals surface area contributed by atoms with Crippen LogP contribution in [0.15, 0.2) is 18.2 Å². The summed E-state index contributed by atoms with van der Waals surface area (Å²) in [5.74, 6) is 0.552. The van der Waals surface area contributed by atoms with Crippen LogP contribution in [0.3, 0.4) is 0 Å². The number of amides is 1. The highest BCUT2D eigenvalue weighted by Crippen LogP contribution is 2.27. The zero-order valence-electron chi connectivity index (χ0n) is 12.9. The van der Waals surface area contributed by atoms with Crippen LogP contribution in [0.25, 0.3) is 0 Å². The molecule has 0 atom stereocenters. The summed E-state index contributed by atoms with van der Waals surface area (Å²) in [6, 6.07) is 5.92.